The zero-order valence-corrected chi connectivity index (χ0v) is 11.0. The van der Waals surface area contributed by atoms with Crippen LogP contribution < -0.4 is 11.1 Å². The van der Waals surface area contributed by atoms with Crippen LogP contribution in [0, 0.1) is 12.8 Å². The minimum atomic E-state index is 0.192. The molecule has 98 valence electrons. The molecule has 1 atom stereocenters. The zero-order valence-electron chi connectivity index (χ0n) is 11.0. The van der Waals surface area contributed by atoms with Gasteiger partial charge in [0.2, 0.25) is 0 Å². The van der Waals surface area contributed by atoms with E-state index >= 15 is 0 Å². The molecule has 18 heavy (non-hydrogen) atoms. The lowest BCUT2D eigenvalue weighted by atomic mass is 10.0. The molecule has 0 aliphatic heterocycles. The second kappa shape index (κ2) is 5.30. The van der Waals surface area contributed by atoms with Gasteiger partial charge in [0, 0.05) is 12.6 Å². The lowest BCUT2D eigenvalue weighted by molar-refractivity contribution is 0.442. The van der Waals surface area contributed by atoms with Gasteiger partial charge < -0.3 is 15.6 Å². The molecule has 0 aliphatic rings. The monoisotopic (exact) mass is 249 g/mol. The van der Waals surface area contributed by atoms with Crippen molar-refractivity contribution >= 4 is 16.9 Å². The summed E-state index contributed by atoms with van der Waals surface area (Å²) in [5.74, 6) is 1.32. The summed E-state index contributed by atoms with van der Waals surface area (Å²) < 4.78 is 5.11. The van der Waals surface area contributed by atoms with E-state index in [4.69, 9.17) is 10.3 Å². The van der Waals surface area contributed by atoms with Gasteiger partial charge in [-0.1, -0.05) is 19.0 Å². The lowest BCUT2D eigenvalue weighted by Gasteiger charge is -2.19. The Morgan fingerprint density at radius 1 is 1.39 bits per heavy atom. The Labute approximate surface area is 106 Å². The molecule has 3 N–H and O–H groups in total. The van der Waals surface area contributed by atoms with Crippen LogP contribution >= 0.6 is 0 Å². The summed E-state index contributed by atoms with van der Waals surface area (Å²) in [4.78, 5) is 8.30. The van der Waals surface area contributed by atoms with Crippen LogP contribution in [0.2, 0.25) is 0 Å². The number of hydrogen-bond acceptors (Lipinski definition) is 6. The molecule has 0 radical (unpaired) electrons. The molecule has 0 saturated carbocycles. The maximum atomic E-state index is 5.78. The predicted molar refractivity (Wildman–Crippen MR) is 70.3 cm³/mol. The van der Waals surface area contributed by atoms with Gasteiger partial charge in [0.1, 0.15) is 17.5 Å². The van der Waals surface area contributed by atoms with Crippen LogP contribution in [-0.2, 0) is 0 Å². The van der Waals surface area contributed by atoms with Gasteiger partial charge in [-0.3, -0.25) is 0 Å². The number of rotatable bonds is 5. The Morgan fingerprint density at radius 3 is 2.83 bits per heavy atom. The summed E-state index contributed by atoms with van der Waals surface area (Å²) in [5.41, 5.74) is 7.07. The van der Waals surface area contributed by atoms with Crippen molar-refractivity contribution in [2.75, 3.05) is 11.9 Å². The average Bonchev–Trinajstić information content (AvgIpc) is 2.71. The first kappa shape index (κ1) is 12.8. The molecule has 2 aromatic rings. The van der Waals surface area contributed by atoms with Crippen LogP contribution in [0.15, 0.2) is 10.9 Å². The number of hydrogen-bond donors (Lipinski definition) is 2. The van der Waals surface area contributed by atoms with Gasteiger partial charge >= 0.3 is 0 Å². The second-order valence-corrected chi connectivity index (χ2v) is 4.88. The van der Waals surface area contributed by atoms with Gasteiger partial charge in [0.05, 0.1) is 5.69 Å². The maximum absolute atomic E-state index is 5.78. The maximum Gasteiger partial charge on any atom is 0.263 e. The number of nitrogens with two attached hydrogens (primary N) is 1. The van der Waals surface area contributed by atoms with Gasteiger partial charge in [0.15, 0.2) is 0 Å². The van der Waals surface area contributed by atoms with Crippen LogP contribution in [0.3, 0.4) is 0 Å². The summed E-state index contributed by atoms with van der Waals surface area (Å²) in [6.07, 6.45) is 2.46. The normalized spacial score (nSPS) is 13.2. The van der Waals surface area contributed by atoms with Crippen molar-refractivity contribution in [3.8, 4) is 0 Å². The van der Waals surface area contributed by atoms with Crippen molar-refractivity contribution in [1.29, 1.82) is 0 Å². The Balaban J connectivity index is 2.27. The summed E-state index contributed by atoms with van der Waals surface area (Å²) in [6.45, 7) is 6.78. The van der Waals surface area contributed by atoms with E-state index in [1.54, 1.807) is 0 Å². The van der Waals surface area contributed by atoms with E-state index in [2.05, 4.69) is 34.3 Å². The van der Waals surface area contributed by atoms with Crippen LogP contribution in [0.5, 0.6) is 0 Å². The molecule has 0 aliphatic carbocycles. The summed E-state index contributed by atoms with van der Waals surface area (Å²) >= 11 is 0. The fraction of sp³-hybridized carbons (Fsp3) is 0.583. The van der Waals surface area contributed by atoms with Crippen molar-refractivity contribution in [1.82, 2.24) is 15.1 Å². The van der Waals surface area contributed by atoms with E-state index in [0.29, 0.717) is 18.2 Å². The van der Waals surface area contributed by atoms with Crippen LogP contribution in [0.25, 0.3) is 11.1 Å². The molecule has 6 heteroatoms. The number of nitrogens with zero attached hydrogens (tertiary/aromatic N) is 3. The SMILES string of the molecule is Cc1noc2ncnc(NC(CN)CC(C)C)c12. The first-order valence-corrected chi connectivity index (χ1v) is 6.15. The Morgan fingerprint density at radius 2 is 2.17 bits per heavy atom. The van der Waals surface area contributed by atoms with Gasteiger partial charge in [-0.2, -0.15) is 4.98 Å². The van der Waals surface area contributed by atoms with Gasteiger partial charge in [-0.25, -0.2) is 4.98 Å². The van der Waals surface area contributed by atoms with Crippen LogP contribution in [0.1, 0.15) is 26.0 Å². The molecule has 0 saturated heterocycles. The fourth-order valence-electron chi connectivity index (χ4n) is 2.01. The molecular weight excluding hydrogens is 230 g/mol. The van der Waals surface area contributed by atoms with Crippen molar-refractivity contribution in [2.24, 2.45) is 11.7 Å². The van der Waals surface area contributed by atoms with E-state index in [1.165, 1.54) is 6.33 Å². The molecule has 0 bridgehead atoms. The van der Waals surface area contributed by atoms with E-state index < -0.39 is 0 Å². The fourth-order valence-corrected chi connectivity index (χ4v) is 2.01. The molecular formula is C12H19N5O. The molecule has 2 aromatic heterocycles. The first-order chi connectivity index (χ1) is 8.61. The molecule has 2 rings (SSSR count). The minimum absolute atomic E-state index is 0.192. The molecule has 6 nitrogen and oxygen atoms in total. The van der Waals surface area contributed by atoms with Crippen LogP contribution in [0.4, 0.5) is 5.82 Å². The molecule has 1 unspecified atom stereocenters. The van der Waals surface area contributed by atoms with E-state index in [-0.39, 0.29) is 6.04 Å². The second-order valence-electron chi connectivity index (χ2n) is 4.88. The summed E-state index contributed by atoms with van der Waals surface area (Å²) in [5, 5.41) is 8.09. The first-order valence-electron chi connectivity index (χ1n) is 6.15. The number of anilines is 1. The highest BCUT2D eigenvalue weighted by atomic mass is 16.5. The third-order valence-electron chi connectivity index (χ3n) is 2.82. The summed E-state index contributed by atoms with van der Waals surface area (Å²) in [6, 6.07) is 0.192. The minimum Gasteiger partial charge on any atom is -0.365 e. The van der Waals surface area contributed by atoms with Gasteiger partial charge in [0.25, 0.3) is 5.71 Å². The topological polar surface area (TPSA) is 89.9 Å². The van der Waals surface area contributed by atoms with Crippen molar-refractivity contribution in [3.05, 3.63) is 12.0 Å². The predicted octanol–water partition coefficient (Wildman–Crippen LogP) is 1.71. The lowest BCUT2D eigenvalue weighted by Crippen LogP contribution is -2.30. The number of aromatic nitrogens is 3. The highest BCUT2D eigenvalue weighted by Crippen LogP contribution is 2.23. The third kappa shape index (κ3) is 2.59. The van der Waals surface area contributed by atoms with E-state index in [0.717, 1.165) is 23.3 Å². The Kier molecular flexibility index (Phi) is 3.76. The highest BCUT2D eigenvalue weighted by molar-refractivity contribution is 5.87. The van der Waals surface area contributed by atoms with E-state index in [9.17, 15) is 0 Å². The van der Waals surface area contributed by atoms with Crippen LogP contribution in [-0.4, -0.2) is 27.7 Å². The van der Waals surface area contributed by atoms with E-state index in [1.807, 2.05) is 6.92 Å². The number of fused-ring (bicyclic) bond motifs is 1. The smallest absolute Gasteiger partial charge is 0.263 e. The standard InChI is InChI=1S/C12H19N5O/c1-7(2)4-9(5-13)16-11-10-8(3)17-18-12(10)15-6-14-11/h6-7,9H,4-5,13H2,1-3H3,(H,14,15,16). The molecule has 0 amide bonds. The van der Waals surface area contributed by atoms with Crippen molar-refractivity contribution in [2.45, 2.75) is 33.2 Å². The highest BCUT2D eigenvalue weighted by Gasteiger charge is 2.15. The molecule has 0 spiro atoms. The quantitative estimate of drug-likeness (QED) is 0.838. The van der Waals surface area contributed by atoms with Gasteiger partial charge in [-0.15, -0.1) is 0 Å². The number of nitrogens with one attached hydrogen (secondary N) is 1. The zero-order chi connectivity index (χ0) is 13.1. The number of aryl methyl sites for hydroxylation is 1. The average molecular weight is 249 g/mol. The van der Waals surface area contributed by atoms with Crippen molar-refractivity contribution in [3.63, 3.8) is 0 Å². The summed E-state index contributed by atoms with van der Waals surface area (Å²) in [7, 11) is 0. The molecule has 0 fully saturated rings. The third-order valence-corrected chi connectivity index (χ3v) is 2.82. The molecule has 0 aromatic carbocycles. The van der Waals surface area contributed by atoms with Gasteiger partial charge in [-0.05, 0) is 19.3 Å². The Bertz CT molecular complexity index is 522. The largest absolute Gasteiger partial charge is 0.365 e. The molecule has 2 heterocycles. The van der Waals surface area contributed by atoms with Crippen molar-refractivity contribution < 1.29 is 4.52 Å². The Hall–Kier alpha value is -1.69.